The molecule has 0 fully saturated rings. The van der Waals surface area contributed by atoms with Crippen molar-refractivity contribution in [2.45, 2.75) is 39.0 Å². The first-order valence-electron chi connectivity index (χ1n) is 9.34. The summed E-state index contributed by atoms with van der Waals surface area (Å²) < 4.78 is 6.12. The van der Waals surface area contributed by atoms with E-state index in [-0.39, 0.29) is 0 Å². The third kappa shape index (κ3) is 5.26. The van der Waals surface area contributed by atoms with E-state index in [0.29, 0.717) is 12.5 Å². The fourth-order valence-electron chi connectivity index (χ4n) is 3.12. The summed E-state index contributed by atoms with van der Waals surface area (Å²) in [5.74, 6) is 1.48. The molecule has 26 heavy (non-hydrogen) atoms. The van der Waals surface area contributed by atoms with Crippen LogP contribution in [-0.4, -0.2) is 23.3 Å². The molecule has 0 radical (unpaired) electrons. The Labute approximate surface area is 155 Å². The van der Waals surface area contributed by atoms with Crippen LogP contribution in [0.5, 0.6) is 5.75 Å². The largest absolute Gasteiger partial charge is 0.493 e. The number of rotatable bonds is 11. The Balaban J connectivity index is 2.09. The van der Waals surface area contributed by atoms with Gasteiger partial charge in [-0.2, -0.15) is 5.10 Å². The molecule has 2 aromatic rings. The van der Waals surface area contributed by atoms with E-state index in [4.69, 9.17) is 21.9 Å². The van der Waals surface area contributed by atoms with Crippen LogP contribution in [0.15, 0.2) is 36.8 Å². The first-order chi connectivity index (χ1) is 12.7. The number of aromatic amines is 1. The fraction of sp³-hybridized carbons (Fsp3) is 0.450. The highest BCUT2D eigenvalue weighted by atomic mass is 16.5. The van der Waals surface area contributed by atoms with Crippen LogP contribution in [0.2, 0.25) is 0 Å². The summed E-state index contributed by atoms with van der Waals surface area (Å²) in [7, 11) is 0. The van der Waals surface area contributed by atoms with Crippen LogP contribution in [-0.2, 0) is 0 Å². The van der Waals surface area contributed by atoms with Gasteiger partial charge in [-0.3, -0.25) is 5.10 Å². The molecule has 1 atom stereocenters. The Morgan fingerprint density at radius 2 is 2.12 bits per heavy atom. The molecular formula is C20H31N5O. The van der Waals surface area contributed by atoms with E-state index in [1.54, 1.807) is 12.3 Å². The Morgan fingerprint density at radius 3 is 2.81 bits per heavy atom. The smallest absolute Gasteiger partial charge is 0.130 e. The molecule has 0 saturated carbocycles. The van der Waals surface area contributed by atoms with Crippen molar-refractivity contribution in [3.8, 4) is 5.75 Å². The van der Waals surface area contributed by atoms with E-state index in [1.165, 1.54) is 25.2 Å². The van der Waals surface area contributed by atoms with Crippen LogP contribution in [0.4, 0.5) is 0 Å². The van der Waals surface area contributed by atoms with Crippen LogP contribution in [0.25, 0.3) is 16.5 Å². The summed E-state index contributed by atoms with van der Waals surface area (Å²) in [5.41, 5.74) is 19.5. The summed E-state index contributed by atoms with van der Waals surface area (Å²) in [6.45, 7) is 3.69. The van der Waals surface area contributed by atoms with Gasteiger partial charge in [0.15, 0.2) is 0 Å². The van der Waals surface area contributed by atoms with Gasteiger partial charge in [-0.05, 0) is 60.8 Å². The number of hydrogen-bond donors (Lipinski definition) is 4. The highest BCUT2D eigenvalue weighted by molar-refractivity contribution is 5.90. The Hall–Kier alpha value is -2.47. The number of unbranched alkanes of at least 4 members (excludes halogenated alkanes) is 1. The number of nitrogens with zero attached hydrogens (tertiary/aromatic N) is 1. The zero-order valence-corrected chi connectivity index (χ0v) is 15.6. The molecule has 0 aliphatic carbocycles. The summed E-state index contributed by atoms with van der Waals surface area (Å²) in [4.78, 5) is 0. The van der Waals surface area contributed by atoms with E-state index in [2.05, 4.69) is 17.1 Å². The van der Waals surface area contributed by atoms with Gasteiger partial charge in [0.1, 0.15) is 5.75 Å². The third-order valence-electron chi connectivity index (χ3n) is 4.74. The van der Waals surface area contributed by atoms with E-state index in [0.717, 1.165) is 53.6 Å². The van der Waals surface area contributed by atoms with Crippen molar-refractivity contribution in [1.82, 2.24) is 10.2 Å². The van der Waals surface area contributed by atoms with Crippen LogP contribution in [0.3, 0.4) is 0 Å². The first kappa shape index (κ1) is 19.8. The molecule has 1 unspecified atom stereocenters. The molecular weight excluding hydrogens is 326 g/mol. The lowest BCUT2D eigenvalue weighted by molar-refractivity contribution is 0.269. The third-order valence-corrected chi connectivity index (χ3v) is 4.74. The van der Waals surface area contributed by atoms with E-state index in [1.807, 2.05) is 12.1 Å². The lowest BCUT2D eigenvalue weighted by atomic mass is 9.96. The van der Waals surface area contributed by atoms with E-state index < -0.39 is 0 Å². The molecule has 142 valence electrons. The average Bonchev–Trinajstić information content (AvgIpc) is 3.13. The zero-order chi connectivity index (χ0) is 18.8. The summed E-state index contributed by atoms with van der Waals surface area (Å²) in [6, 6.07) is 3.99. The first-order valence-corrected chi connectivity index (χ1v) is 9.34. The normalized spacial score (nSPS) is 13.5. The minimum Gasteiger partial charge on any atom is -0.493 e. The predicted molar refractivity (Wildman–Crippen MR) is 108 cm³/mol. The quantitative estimate of drug-likeness (QED) is 0.364. The number of benzene rings is 1. The number of allylic oxidation sites excluding steroid dienone is 2. The fourth-order valence-corrected chi connectivity index (χ4v) is 3.12. The molecule has 1 heterocycles. The number of hydrogen-bond acceptors (Lipinski definition) is 5. The second-order valence-electron chi connectivity index (χ2n) is 6.48. The number of aromatic nitrogens is 2. The second-order valence-corrected chi connectivity index (χ2v) is 6.48. The number of nitrogens with two attached hydrogens (primary N) is 3. The highest BCUT2D eigenvalue weighted by Crippen LogP contribution is 2.30. The number of ether oxygens (including phenoxy) is 1. The van der Waals surface area contributed by atoms with E-state index in [9.17, 15) is 0 Å². The van der Waals surface area contributed by atoms with Gasteiger partial charge in [0.05, 0.1) is 23.7 Å². The number of nitrogens with one attached hydrogen (secondary N) is 1. The van der Waals surface area contributed by atoms with Gasteiger partial charge < -0.3 is 21.9 Å². The molecule has 0 spiro atoms. The maximum Gasteiger partial charge on any atom is 0.130 e. The predicted octanol–water partition coefficient (Wildman–Crippen LogP) is 3.26. The van der Waals surface area contributed by atoms with Gasteiger partial charge in [0, 0.05) is 6.20 Å². The second kappa shape index (κ2) is 10.5. The number of H-pyrrole nitrogens is 1. The van der Waals surface area contributed by atoms with Crippen molar-refractivity contribution in [1.29, 1.82) is 0 Å². The molecule has 0 saturated heterocycles. The molecule has 7 N–H and O–H groups in total. The average molecular weight is 358 g/mol. The SMILES string of the molecule is CCC(CCCCN)CCOc1cc(C(/C=C\N)=C/N)cc2[nH]ncc12. The van der Waals surface area contributed by atoms with Crippen molar-refractivity contribution in [2.75, 3.05) is 13.2 Å². The van der Waals surface area contributed by atoms with Crippen LogP contribution < -0.4 is 21.9 Å². The molecule has 2 rings (SSSR count). The molecule has 6 heteroatoms. The minimum absolute atomic E-state index is 0.671. The monoisotopic (exact) mass is 357 g/mol. The molecule has 0 bridgehead atoms. The zero-order valence-electron chi connectivity index (χ0n) is 15.6. The maximum absolute atomic E-state index is 6.12. The standard InChI is InChI=1S/C20H31N5O/c1-2-15(5-3-4-8-21)7-10-26-20-12-17(16(13-23)6-9-22)11-19-18(20)14-24-25-19/h6,9,11-15H,2-5,7-8,10,21-23H2,1H3,(H,24,25)/b9-6-,16-13+. The van der Waals surface area contributed by atoms with Gasteiger partial charge in [-0.15, -0.1) is 0 Å². The van der Waals surface area contributed by atoms with Crippen molar-refractivity contribution in [3.05, 3.63) is 42.4 Å². The van der Waals surface area contributed by atoms with Crippen LogP contribution >= 0.6 is 0 Å². The molecule has 0 aliphatic rings. The van der Waals surface area contributed by atoms with E-state index >= 15 is 0 Å². The number of fused-ring (bicyclic) bond motifs is 1. The molecule has 1 aromatic carbocycles. The van der Waals surface area contributed by atoms with Crippen molar-refractivity contribution < 1.29 is 4.74 Å². The Morgan fingerprint density at radius 1 is 1.27 bits per heavy atom. The highest BCUT2D eigenvalue weighted by Gasteiger charge is 2.11. The van der Waals surface area contributed by atoms with Gasteiger partial charge in [-0.25, -0.2) is 0 Å². The minimum atomic E-state index is 0.671. The van der Waals surface area contributed by atoms with Gasteiger partial charge >= 0.3 is 0 Å². The van der Waals surface area contributed by atoms with Crippen molar-refractivity contribution in [3.63, 3.8) is 0 Å². The van der Waals surface area contributed by atoms with Crippen LogP contribution in [0, 0.1) is 5.92 Å². The van der Waals surface area contributed by atoms with Gasteiger partial charge in [0.25, 0.3) is 0 Å². The van der Waals surface area contributed by atoms with Gasteiger partial charge in [-0.1, -0.05) is 26.2 Å². The lowest BCUT2D eigenvalue weighted by Crippen LogP contribution is -2.08. The summed E-state index contributed by atoms with van der Waals surface area (Å²) in [5, 5.41) is 8.10. The van der Waals surface area contributed by atoms with Crippen LogP contribution in [0.1, 0.15) is 44.6 Å². The molecule has 0 aliphatic heterocycles. The molecule has 6 nitrogen and oxygen atoms in total. The van der Waals surface area contributed by atoms with Crippen molar-refractivity contribution in [2.24, 2.45) is 23.1 Å². The molecule has 0 amide bonds. The van der Waals surface area contributed by atoms with Gasteiger partial charge in [0.2, 0.25) is 0 Å². The van der Waals surface area contributed by atoms with Crippen molar-refractivity contribution >= 4 is 16.5 Å². The maximum atomic E-state index is 6.12. The topological polar surface area (TPSA) is 116 Å². The summed E-state index contributed by atoms with van der Waals surface area (Å²) >= 11 is 0. The lowest BCUT2D eigenvalue weighted by Gasteiger charge is -2.16. The molecule has 1 aromatic heterocycles. The summed E-state index contributed by atoms with van der Waals surface area (Å²) in [6.07, 6.45) is 12.3. The Bertz CT molecular complexity index is 735. The Kier molecular flexibility index (Phi) is 8.02.